The number of nitrogens with zero attached hydrogens (tertiary/aromatic N) is 3. The molecule has 0 saturated heterocycles. The second-order valence-corrected chi connectivity index (χ2v) is 3.81. The van der Waals surface area contributed by atoms with Crippen molar-refractivity contribution in [3.63, 3.8) is 0 Å². The number of rotatable bonds is 3. The Morgan fingerprint density at radius 1 is 1.10 bits per heavy atom. The van der Waals surface area contributed by atoms with Crippen molar-refractivity contribution in [2.75, 3.05) is 12.3 Å². The molecule has 1 heterocycles. The van der Waals surface area contributed by atoms with Gasteiger partial charge < -0.3 is 10.5 Å². The predicted octanol–water partition coefficient (Wildman–Crippen LogP) is 2.54. The van der Waals surface area contributed by atoms with Crippen LogP contribution in [0.25, 0.3) is 11.4 Å². The van der Waals surface area contributed by atoms with Crippen molar-refractivity contribution in [3.8, 4) is 17.4 Å². The standard InChI is InChI=1S/C12H11F3N4O/c1-2-20-11-18-9(17-10(16)19-11)7-3-5-8(6-4-7)12(13,14)15/h3-6H,2H2,1H3,(H2,16,17,18,19). The molecule has 2 rings (SSSR count). The largest absolute Gasteiger partial charge is 0.464 e. The van der Waals surface area contributed by atoms with E-state index < -0.39 is 11.7 Å². The maximum absolute atomic E-state index is 12.5. The van der Waals surface area contributed by atoms with E-state index in [2.05, 4.69) is 15.0 Å². The van der Waals surface area contributed by atoms with Crippen molar-refractivity contribution < 1.29 is 17.9 Å². The van der Waals surface area contributed by atoms with Gasteiger partial charge in [0.15, 0.2) is 5.82 Å². The van der Waals surface area contributed by atoms with E-state index in [0.29, 0.717) is 12.2 Å². The van der Waals surface area contributed by atoms with Crippen molar-refractivity contribution in [3.05, 3.63) is 29.8 Å². The van der Waals surface area contributed by atoms with Gasteiger partial charge in [0.2, 0.25) is 5.95 Å². The van der Waals surface area contributed by atoms with Crippen LogP contribution in [0.1, 0.15) is 12.5 Å². The molecule has 0 bridgehead atoms. The molecule has 5 nitrogen and oxygen atoms in total. The third kappa shape index (κ3) is 3.14. The molecule has 106 valence electrons. The molecular weight excluding hydrogens is 273 g/mol. The molecule has 0 radical (unpaired) electrons. The average Bonchev–Trinajstić information content (AvgIpc) is 2.37. The Balaban J connectivity index is 2.36. The van der Waals surface area contributed by atoms with Gasteiger partial charge in [0.1, 0.15) is 0 Å². The number of nitrogen functional groups attached to an aromatic ring is 1. The quantitative estimate of drug-likeness (QED) is 0.937. The van der Waals surface area contributed by atoms with E-state index in [1.54, 1.807) is 6.92 Å². The summed E-state index contributed by atoms with van der Waals surface area (Å²) < 4.78 is 42.5. The molecule has 2 aromatic rings. The van der Waals surface area contributed by atoms with Crippen LogP contribution in [0.4, 0.5) is 19.1 Å². The van der Waals surface area contributed by atoms with E-state index in [-0.39, 0.29) is 17.8 Å². The third-order valence-electron chi connectivity index (χ3n) is 2.38. The van der Waals surface area contributed by atoms with Crippen LogP contribution in [0.3, 0.4) is 0 Å². The fourth-order valence-corrected chi connectivity index (χ4v) is 1.50. The summed E-state index contributed by atoms with van der Waals surface area (Å²) in [6.07, 6.45) is -4.38. The van der Waals surface area contributed by atoms with E-state index in [1.807, 2.05) is 0 Å². The number of ether oxygens (including phenoxy) is 1. The highest BCUT2D eigenvalue weighted by atomic mass is 19.4. The number of aromatic nitrogens is 3. The van der Waals surface area contributed by atoms with E-state index >= 15 is 0 Å². The van der Waals surface area contributed by atoms with Crippen LogP contribution in [0, 0.1) is 0 Å². The highest BCUT2D eigenvalue weighted by Crippen LogP contribution is 2.30. The lowest BCUT2D eigenvalue weighted by Crippen LogP contribution is -2.06. The molecule has 1 aromatic carbocycles. The van der Waals surface area contributed by atoms with Gasteiger partial charge in [-0.05, 0) is 19.1 Å². The van der Waals surface area contributed by atoms with Gasteiger partial charge in [0.05, 0.1) is 12.2 Å². The van der Waals surface area contributed by atoms with Gasteiger partial charge in [-0.1, -0.05) is 12.1 Å². The van der Waals surface area contributed by atoms with Crippen LogP contribution in [0.5, 0.6) is 6.01 Å². The van der Waals surface area contributed by atoms with Crippen LogP contribution in [-0.4, -0.2) is 21.6 Å². The van der Waals surface area contributed by atoms with Crippen LogP contribution >= 0.6 is 0 Å². The van der Waals surface area contributed by atoms with E-state index in [0.717, 1.165) is 12.1 Å². The lowest BCUT2D eigenvalue weighted by molar-refractivity contribution is -0.137. The maximum Gasteiger partial charge on any atom is 0.416 e. The zero-order valence-electron chi connectivity index (χ0n) is 10.5. The maximum atomic E-state index is 12.5. The fraction of sp³-hybridized carbons (Fsp3) is 0.250. The summed E-state index contributed by atoms with van der Waals surface area (Å²) >= 11 is 0. The SMILES string of the molecule is CCOc1nc(N)nc(-c2ccc(C(F)(F)F)cc2)n1. The number of hydrogen-bond donors (Lipinski definition) is 1. The van der Waals surface area contributed by atoms with Gasteiger partial charge in [-0.15, -0.1) is 0 Å². The average molecular weight is 284 g/mol. The first-order valence-electron chi connectivity index (χ1n) is 5.72. The Morgan fingerprint density at radius 3 is 2.30 bits per heavy atom. The predicted molar refractivity (Wildman–Crippen MR) is 65.8 cm³/mol. The van der Waals surface area contributed by atoms with Gasteiger partial charge >= 0.3 is 12.2 Å². The van der Waals surface area contributed by atoms with Gasteiger partial charge in [-0.2, -0.15) is 28.1 Å². The second kappa shape index (κ2) is 5.32. The molecule has 0 atom stereocenters. The van der Waals surface area contributed by atoms with Crippen molar-refractivity contribution in [2.24, 2.45) is 0 Å². The monoisotopic (exact) mass is 284 g/mol. The van der Waals surface area contributed by atoms with Gasteiger partial charge in [0, 0.05) is 5.56 Å². The summed E-state index contributed by atoms with van der Waals surface area (Å²) in [4.78, 5) is 11.6. The number of halogens is 3. The van der Waals surface area contributed by atoms with Crippen LogP contribution in [0.15, 0.2) is 24.3 Å². The molecule has 0 unspecified atom stereocenters. The lowest BCUT2D eigenvalue weighted by Gasteiger charge is -2.08. The number of hydrogen-bond acceptors (Lipinski definition) is 5. The fourth-order valence-electron chi connectivity index (χ4n) is 1.50. The Kier molecular flexibility index (Phi) is 3.73. The number of nitrogens with two attached hydrogens (primary N) is 1. The molecule has 0 aliphatic heterocycles. The molecule has 0 spiro atoms. The van der Waals surface area contributed by atoms with E-state index in [9.17, 15) is 13.2 Å². The zero-order valence-corrected chi connectivity index (χ0v) is 10.5. The Hall–Kier alpha value is -2.38. The molecule has 0 fully saturated rings. The summed E-state index contributed by atoms with van der Waals surface area (Å²) in [6, 6.07) is 4.49. The molecular formula is C12H11F3N4O. The molecule has 0 aliphatic carbocycles. The molecule has 0 saturated carbocycles. The normalized spacial score (nSPS) is 11.4. The minimum absolute atomic E-state index is 0.0369. The summed E-state index contributed by atoms with van der Waals surface area (Å²) in [5, 5.41) is 0. The lowest BCUT2D eigenvalue weighted by atomic mass is 10.1. The van der Waals surface area contributed by atoms with Gasteiger partial charge in [0.25, 0.3) is 0 Å². The first-order valence-corrected chi connectivity index (χ1v) is 5.72. The highest BCUT2D eigenvalue weighted by molar-refractivity contribution is 5.56. The Labute approximate surface area is 112 Å². The number of benzene rings is 1. The zero-order chi connectivity index (χ0) is 14.8. The second-order valence-electron chi connectivity index (χ2n) is 3.81. The summed E-state index contributed by atoms with van der Waals surface area (Å²) in [6.45, 7) is 2.09. The van der Waals surface area contributed by atoms with Crippen LogP contribution < -0.4 is 10.5 Å². The first-order chi connectivity index (χ1) is 9.40. The number of alkyl halides is 3. The molecule has 0 amide bonds. The van der Waals surface area contributed by atoms with Crippen LogP contribution in [-0.2, 0) is 6.18 Å². The smallest absolute Gasteiger partial charge is 0.416 e. The van der Waals surface area contributed by atoms with Crippen molar-refractivity contribution in [2.45, 2.75) is 13.1 Å². The minimum Gasteiger partial charge on any atom is -0.464 e. The van der Waals surface area contributed by atoms with Gasteiger partial charge in [-0.3, -0.25) is 0 Å². The third-order valence-corrected chi connectivity index (χ3v) is 2.38. The molecule has 8 heteroatoms. The van der Waals surface area contributed by atoms with Crippen molar-refractivity contribution in [1.82, 2.24) is 15.0 Å². The molecule has 0 aliphatic rings. The first kappa shape index (κ1) is 14.0. The Morgan fingerprint density at radius 2 is 1.75 bits per heavy atom. The summed E-state index contributed by atoms with van der Waals surface area (Å²) in [5.41, 5.74) is 5.16. The van der Waals surface area contributed by atoms with Gasteiger partial charge in [-0.25, -0.2) is 0 Å². The van der Waals surface area contributed by atoms with Crippen LogP contribution in [0.2, 0.25) is 0 Å². The number of anilines is 1. The van der Waals surface area contributed by atoms with Crippen molar-refractivity contribution in [1.29, 1.82) is 0 Å². The topological polar surface area (TPSA) is 73.9 Å². The molecule has 20 heavy (non-hydrogen) atoms. The summed E-state index contributed by atoms with van der Waals surface area (Å²) in [7, 11) is 0. The van der Waals surface area contributed by atoms with E-state index in [1.165, 1.54) is 12.1 Å². The summed E-state index contributed by atoms with van der Waals surface area (Å²) in [5.74, 6) is 0.105. The molecule has 1 aromatic heterocycles. The highest BCUT2D eigenvalue weighted by Gasteiger charge is 2.30. The van der Waals surface area contributed by atoms with Crippen molar-refractivity contribution >= 4 is 5.95 Å². The Bertz CT molecular complexity index is 599. The van der Waals surface area contributed by atoms with E-state index in [4.69, 9.17) is 10.5 Å². The molecule has 2 N–H and O–H groups in total. The minimum atomic E-state index is -4.38.